The Balaban J connectivity index is 1.71. The molecule has 2 aliphatic rings. The number of nitrogens with zero attached hydrogens (tertiary/aromatic N) is 2. The second-order valence-electron chi connectivity index (χ2n) is 7.85. The van der Waals surface area contributed by atoms with Crippen molar-refractivity contribution in [2.75, 3.05) is 33.2 Å². The smallest absolute Gasteiger partial charge is 0.407 e. The average Bonchev–Trinajstić information content (AvgIpc) is 2.80. The van der Waals surface area contributed by atoms with Gasteiger partial charge in [0.25, 0.3) is 0 Å². The summed E-state index contributed by atoms with van der Waals surface area (Å²) in [5.74, 6) is 0. The number of hydrogen-bond acceptors (Lipinski definition) is 4. The van der Waals surface area contributed by atoms with Crippen molar-refractivity contribution in [1.29, 1.82) is 0 Å². The largest absolute Gasteiger partial charge is 0.444 e. The Morgan fingerprint density at radius 1 is 1.23 bits per heavy atom. The number of hydrogen-bond donors (Lipinski definition) is 1. The Morgan fingerprint density at radius 2 is 1.95 bits per heavy atom. The van der Waals surface area contributed by atoms with E-state index in [9.17, 15) is 4.79 Å². The molecule has 0 saturated carbocycles. The highest BCUT2D eigenvalue weighted by Crippen LogP contribution is 2.19. The molecular formula is C17H33N3O2. The van der Waals surface area contributed by atoms with Crippen LogP contribution in [0.2, 0.25) is 0 Å². The summed E-state index contributed by atoms with van der Waals surface area (Å²) in [5.41, 5.74) is -0.425. The van der Waals surface area contributed by atoms with Crippen molar-refractivity contribution in [2.45, 2.75) is 70.6 Å². The van der Waals surface area contributed by atoms with Gasteiger partial charge in [0, 0.05) is 18.6 Å². The zero-order valence-corrected chi connectivity index (χ0v) is 14.7. The van der Waals surface area contributed by atoms with Gasteiger partial charge in [-0.1, -0.05) is 0 Å². The molecule has 22 heavy (non-hydrogen) atoms. The lowest BCUT2D eigenvalue weighted by atomic mass is 10.0. The number of carbonyl (C=O) groups is 1. The third-order valence-electron chi connectivity index (χ3n) is 4.68. The highest BCUT2D eigenvalue weighted by molar-refractivity contribution is 5.68. The second kappa shape index (κ2) is 7.64. The van der Waals surface area contributed by atoms with E-state index < -0.39 is 5.60 Å². The van der Waals surface area contributed by atoms with Gasteiger partial charge in [-0.25, -0.2) is 4.79 Å². The van der Waals surface area contributed by atoms with Gasteiger partial charge in [-0.3, -0.25) is 0 Å². The van der Waals surface area contributed by atoms with E-state index in [1.54, 1.807) is 0 Å². The molecule has 128 valence electrons. The predicted octanol–water partition coefficient (Wildman–Crippen LogP) is 2.46. The Kier molecular flexibility index (Phi) is 6.09. The summed E-state index contributed by atoms with van der Waals surface area (Å²) >= 11 is 0. The van der Waals surface area contributed by atoms with Gasteiger partial charge in [-0.15, -0.1) is 0 Å². The Labute approximate surface area is 135 Å². The summed E-state index contributed by atoms with van der Waals surface area (Å²) in [6, 6.07) is 0.976. The van der Waals surface area contributed by atoms with Gasteiger partial charge in [0.2, 0.25) is 0 Å². The van der Waals surface area contributed by atoms with Crippen LogP contribution in [0.5, 0.6) is 0 Å². The molecule has 0 radical (unpaired) electrons. The van der Waals surface area contributed by atoms with Crippen LogP contribution < -0.4 is 5.32 Å². The van der Waals surface area contributed by atoms with E-state index >= 15 is 0 Å². The minimum Gasteiger partial charge on any atom is -0.444 e. The number of alkyl carbamates (subject to hydrolysis) is 1. The van der Waals surface area contributed by atoms with E-state index in [4.69, 9.17) is 4.74 Å². The average molecular weight is 311 g/mol. The van der Waals surface area contributed by atoms with Crippen molar-refractivity contribution in [3.63, 3.8) is 0 Å². The third-order valence-corrected chi connectivity index (χ3v) is 4.68. The summed E-state index contributed by atoms with van der Waals surface area (Å²) in [7, 11) is 2.24. The maximum atomic E-state index is 11.9. The summed E-state index contributed by atoms with van der Waals surface area (Å²) in [6.07, 6.45) is 5.85. The minimum absolute atomic E-state index is 0.227. The SMILES string of the molecule is CN1CCC[C@H]1CCN1CCC[C@@H](NC(=O)OC(C)(C)C)C1. The Hall–Kier alpha value is -0.810. The number of likely N-dealkylation sites (tertiary alicyclic amines) is 2. The second-order valence-corrected chi connectivity index (χ2v) is 7.85. The van der Waals surface area contributed by atoms with Crippen molar-refractivity contribution in [2.24, 2.45) is 0 Å². The normalized spacial score (nSPS) is 27.8. The van der Waals surface area contributed by atoms with Crippen LogP contribution in [-0.2, 0) is 4.74 Å². The fourth-order valence-corrected chi connectivity index (χ4v) is 3.53. The van der Waals surface area contributed by atoms with Crippen LogP contribution in [0.25, 0.3) is 0 Å². The molecule has 0 bridgehead atoms. The van der Waals surface area contributed by atoms with Gasteiger partial charge < -0.3 is 19.9 Å². The lowest BCUT2D eigenvalue weighted by molar-refractivity contribution is 0.0470. The molecule has 0 aromatic rings. The highest BCUT2D eigenvalue weighted by atomic mass is 16.6. The van der Waals surface area contributed by atoms with E-state index in [1.807, 2.05) is 20.8 Å². The molecule has 2 atom stereocenters. The predicted molar refractivity (Wildman–Crippen MR) is 89.1 cm³/mol. The standard InChI is InChI=1S/C17H33N3O2/c1-17(2,3)22-16(21)18-14-7-5-11-20(13-14)12-9-15-8-6-10-19(15)4/h14-15H,5-13H2,1-4H3,(H,18,21)/t14-,15+/m1/s1. The molecule has 5 heteroatoms. The maximum absolute atomic E-state index is 11.9. The third kappa shape index (κ3) is 5.76. The van der Waals surface area contributed by atoms with Crippen LogP contribution in [-0.4, -0.2) is 66.8 Å². The molecule has 2 aliphatic heterocycles. The van der Waals surface area contributed by atoms with Gasteiger partial charge in [0.15, 0.2) is 0 Å². The molecule has 0 spiro atoms. The number of ether oxygens (including phenoxy) is 1. The van der Waals surface area contributed by atoms with Crippen LogP contribution in [0.4, 0.5) is 4.79 Å². The summed E-state index contributed by atoms with van der Waals surface area (Å²) in [5, 5.41) is 3.03. The van der Waals surface area contributed by atoms with E-state index in [-0.39, 0.29) is 12.1 Å². The maximum Gasteiger partial charge on any atom is 0.407 e. The molecule has 2 rings (SSSR count). The molecule has 1 N–H and O–H groups in total. The van der Waals surface area contributed by atoms with Crippen LogP contribution >= 0.6 is 0 Å². The lowest BCUT2D eigenvalue weighted by Crippen LogP contribution is -2.49. The van der Waals surface area contributed by atoms with Crippen molar-refractivity contribution >= 4 is 6.09 Å². The van der Waals surface area contributed by atoms with Crippen molar-refractivity contribution < 1.29 is 9.53 Å². The number of nitrogens with one attached hydrogen (secondary N) is 1. The number of amides is 1. The van der Waals surface area contributed by atoms with Gasteiger partial charge >= 0.3 is 6.09 Å². The summed E-state index contributed by atoms with van der Waals surface area (Å²) < 4.78 is 5.36. The summed E-state index contributed by atoms with van der Waals surface area (Å²) in [4.78, 5) is 16.9. The molecule has 2 fully saturated rings. The first-order valence-corrected chi connectivity index (χ1v) is 8.75. The first kappa shape index (κ1) is 17.5. The molecule has 0 aromatic heterocycles. The van der Waals surface area contributed by atoms with Crippen molar-refractivity contribution in [3.05, 3.63) is 0 Å². The van der Waals surface area contributed by atoms with Crippen LogP contribution in [0.3, 0.4) is 0 Å². The molecule has 2 heterocycles. The molecule has 0 aliphatic carbocycles. The number of rotatable bonds is 4. The zero-order valence-electron chi connectivity index (χ0n) is 14.7. The quantitative estimate of drug-likeness (QED) is 0.866. The van der Waals surface area contributed by atoms with Gasteiger partial charge in [0.1, 0.15) is 5.60 Å². The molecular weight excluding hydrogens is 278 g/mol. The molecule has 1 amide bonds. The van der Waals surface area contributed by atoms with E-state index in [1.165, 1.54) is 25.8 Å². The monoisotopic (exact) mass is 311 g/mol. The topological polar surface area (TPSA) is 44.8 Å². The Bertz CT molecular complexity index is 367. The molecule has 5 nitrogen and oxygen atoms in total. The number of carbonyl (C=O) groups excluding carboxylic acids is 1. The van der Waals surface area contributed by atoms with E-state index in [0.717, 1.165) is 38.5 Å². The Morgan fingerprint density at radius 3 is 2.59 bits per heavy atom. The lowest BCUT2D eigenvalue weighted by Gasteiger charge is -2.34. The molecule has 2 saturated heterocycles. The summed E-state index contributed by atoms with van der Waals surface area (Å²) in [6.45, 7) is 10.2. The van der Waals surface area contributed by atoms with E-state index in [2.05, 4.69) is 22.2 Å². The molecule has 0 aromatic carbocycles. The highest BCUT2D eigenvalue weighted by Gasteiger charge is 2.26. The van der Waals surface area contributed by atoms with Crippen LogP contribution in [0, 0.1) is 0 Å². The van der Waals surface area contributed by atoms with Gasteiger partial charge in [-0.05, 0) is 79.6 Å². The number of piperidine rings is 1. The van der Waals surface area contributed by atoms with Crippen molar-refractivity contribution in [1.82, 2.24) is 15.1 Å². The van der Waals surface area contributed by atoms with E-state index in [0.29, 0.717) is 0 Å². The van der Waals surface area contributed by atoms with Crippen LogP contribution in [0.1, 0.15) is 52.9 Å². The fraction of sp³-hybridized carbons (Fsp3) is 0.941. The van der Waals surface area contributed by atoms with Crippen LogP contribution in [0.15, 0.2) is 0 Å². The van der Waals surface area contributed by atoms with Crippen molar-refractivity contribution in [3.8, 4) is 0 Å². The molecule has 0 unspecified atom stereocenters. The first-order chi connectivity index (χ1) is 10.3. The fourth-order valence-electron chi connectivity index (χ4n) is 3.53. The first-order valence-electron chi connectivity index (χ1n) is 8.75. The van der Waals surface area contributed by atoms with Gasteiger partial charge in [-0.2, -0.15) is 0 Å². The zero-order chi connectivity index (χ0) is 16.2. The van der Waals surface area contributed by atoms with Gasteiger partial charge in [0.05, 0.1) is 0 Å². The minimum atomic E-state index is -0.425.